The lowest BCUT2D eigenvalue weighted by molar-refractivity contribution is -0.212. The van der Waals surface area contributed by atoms with Crippen LogP contribution in [0.4, 0.5) is 13.2 Å². The second-order valence-corrected chi connectivity index (χ2v) is 6.42. The van der Waals surface area contributed by atoms with Crippen molar-refractivity contribution in [2.75, 3.05) is 6.54 Å². The van der Waals surface area contributed by atoms with Crippen molar-refractivity contribution in [3.63, 3.8) is 0 Å². The number of nitrogens with one attached hydrogen (secondary N) is 1. The van der Waals surface area contributed by atoms with E-state index in [2.05, 4.69) is 20.7 Å². The molecule has 2 heterocycles. The summed E-state index contributed by atoms with van der Waals surface area (Å²) in [6.07, 6.45) is -10.0. The van der Waals surface area contributed by atoms with Crippen molar-refractivity contribution in [3.8, 4) is 0 Å². The van der Waals surface area contributed by atoms with E-state index in [9.17, 15) is 37.5 Å². The second-order valence-electron chi connectivity index (χ2n) is 5.90. The first kappa shape index (κ1) is 23.0. The van der Waals surface area contributed by atoms with Gasteiger partial charge in [-0.05, 0) is 11.1 Å². The number of nitrogens with zero attached hydrogens (tertiary/aromatic N) is 1. The molecule has 1 saturated heterocycles. The molecule has 0 amide bonds. The van der Waals surface area contributed by atoms with Crippen LogP contribution >= 0.6 is 15.9 Å². The van der Waals surface area contributed by atoms with Crippen molar-refractivity contribution in [2.24, 2.45) is 5.73 Å². The van der Waals surface area contributed by atoms with Crippen LogP contribution in [0.1, 0.15) is 18.2 Å². The van der Waals surface area contributed by atoms with E-state index >= 15 is 0 Å². The lowest BCUT2D eigenvalue weighted by Gasteiger charge is -2.24. The minimum atomic E-state index is -5.39. The van der Waals surface area contributed by atoms with Crippen LogP contribution in [0, 0.1) is 0 Å². The Morgan fingerprint density at radius 2 is 2.14 bits per heavy atom. The number of H-pyrrole nitrogens is 1. The van der Waals surface area contributed by atoms with Crippen molar-refractivity contribution < 1.29 is 37.3 Å². The quantitative estimate of drug-likeness (QED) is 0.458. The number of alkyl halides is 3. The smallest absolute Gasteiger partial charge is 0.445 e. The van der Waals surface area contributed by atoms with Gasteiger partial charge in [0.2, 0.25) is 0 Å². The first-order valence-corrected chi connectivity index (χ1v) is 8.87. The summed E-state index contributed by atoms with van der Waals surface area (Å²) in [6.45, 7) is -0.786. The molecule has 0 aromatic carbocycles. The van der Waals surface area contributed by atoms with Gasteiger partial charge in [-0.15, -0.1) is 0 Å². The van der Waals surface area contributed by atoms with Crippen LogP contribution < -0.4 is 17.0 Å². The SMILES string of the molecule is NCC(=O)C(OC(=O)C(F)(F)F)[C@H]1O[C@@H](n2cc(/C=C/Br)c(=O)[nH]c2=O)C[C@@H]1O. The third kappa shape index (κ3) is 5.20. The van der Waals surface area contributed by atoms with E-state index in [0.717, 1.165) is 10.8 Å². The molecule has 1 fully saturated rings. The summed E-state index contributed by atoms with van der Waals surface area (Å²) >= 11 is 2.97. The number of carbonyl (C=O) groups is 2. The Balaban J connectivity index is 2.34. The molecule has 10 nitrogen and oxygen atoms in total. The summed E-state index contributed by atoms with van der Waals surface area (Å²) < 4.78 is 47.9. The van der Waals surface area contributed by atoms with E-state index in [4.69, 9.17) is 10.5 Å². The number of Topliss-reactive ketones (excluding diaryl/α,β-unsaturated/α-hetero) is 1. The van der Waals surface area contributed by atoms with Gasteiger partial charge in [-0.25, -0.2) is 9.59 Å². The summed E-state index contributed by atoms with van der Waals surface area (Å²) in [6, 6.07) is 0. The lowest BCUT2D eigenvalue weighted by Crippen LogP contribution is -2.47. The molecule has 1 unspecified atom stereocenters. The molecule has 0 bridgehead atoms. The summed E-state index contributed by atoms with van der Waals surface area (Å²) in [5.74, 6) is -3.78. The number of hydrogen-bond donors (Lipinski definition) is 3. The lowest BCUT2D eigenvalue weighted by atomic mass is 10.0. The Morgan fingerprint density at radius 1 is 1.48 bits per heavy atom. The fourth-order valence-corrected chi connectivity index (χ4v) is 2.92. The summed E-state index contributed by atoms with van der Waals surface area (Å²) in [5, 5.41) is 10.2. The van der Waals surface area contributed by atoms with Crippen molar-refractivity contribution in [1.29, 1.82) is 0 Å². The van der Waals surface area contributed by atoms with Gasteiger partial charge in [0.1, 0.15) is 12.3 Å². The molecule has 4 N–H and O–H groups in total. The predicted octanol–water partition coefficient (Wildman–Crippen LogP) is -0.448. The highest BCUT2D eigenvalue weighted by molar-refractivity contribution is 9.11. The molecule has 0 radical (unpaired) electrons. The molecule has 160 valence electrons. The van der Waals surface area contributed by atoms with E-state index in [-0.39, 0.29) is 12.0 Å². The van der Waals surface area contributed by atoms with E-state index in [1.165, 1.54) is 11.1 Å². The molecule has 29 heavy (non-hydrogen) atoms. The molecule has 0 saturated carbocycles. The number of ketones is 1. The number of nitrogens with two attached hydrogens (primary N) is 1. The van der Waals surface area contributed by atoms with Gasteiger partial charge in [-0.3, -0.25) is 19.1 Å². The molecular weight excluding hydrogens is 471 g/mol. The van der Waals surface area contributed by atoms with Gasteiger partial charge >= 0.3 is 17.8 Å². The fourth-order valence-electron chi connectivity index (χ4n) is 2.64. The third-order valence-corrected chi connectivity index (χ3v) is 4.23. The number of ether oxygens (including phenoxy) is 2. The number of aliphatic hydroxyl groups is 1. The van der Waals surface area contributed by atoms with E-state index < -0.39 is 60.3 Å². The monoisotopic (exact) mass is 485 g/mol. The standard InChI is InChI=1S/C15H15BrF3N3O7/c16-2-1-6-5-22(14(27)21-12(6)25)9-3-7(23)10(28-9)11(8(24)4-20)29-13(26)15(17,18)19/h1-2,5,7,9-11,23H,3-4,20H2,(H,21,25,27)/b2-1+/t7-,9+,10-,11?/m0/s1. The number of aromatic nitrogens is 2. The maximum atomic E-state index is 12.5. The first-order chi connectivity index (χ1) is 13.5. The van der Waals surface area contributed by atoms with Crippen LogP contribution in [0.3, 0.4) is 0 Å². The van der Waals surface area contributed by atoms with Crippen molar-refractivity contribution in [3.05, 3.63) is 37.6 Å². The molecular formula is C15H15BrF3N3O7. The van der Waals surface area contributed by atoms with E-state index in [1.54, 1.807) is 0 Å². The average Bonchev–Trinajstić information content (AvgIpc) is 3.01. The third-order valence-electron chi connectivity index (χ3n) is 3.97. The Kier molecular flexibility index (Phi) is 7.15. The zero-order chi connectivity index (χ0) is 21.9. The summed E-state index contributed by atoms with van der Waals surface area (Å²) in [7, 11) is 0. The molecule has 4 atom stereocenters. The van der Waals surface area contributed by atoms with E-state index in [1.807, 2.05) is 4.98 Å². The largest absolute Gasteiger partial charge is 0.490 e. The number of aliphatic hydroxyl groups excluding tert-OH is 1. The van der Waals surface area contributed by atoms with Gasteiger partial charge in [-0.1, -0.05) is 15.9 Å². The van der Waals surface area contributed by atoms with Gasteiger partial charge in [0.25, 0.3) is 5.56 Å². The van der Waals surface area contributed by atoms with Gasteiger partial charge in [0.15, 0.2) is 11.9 Å². The summed E-state index contributed by atoms with van der Waals surface area (Å²) in [5.41, 5.74) is 3.53. The molecule has 0 spiro atoms. The zero-order valence-electron chi connectivity index (χ0n) is 14.4. The van der Waals surface area contributed by atoms with E-state index in [0.29, 0.717) is 0 Å². The molecule has 1 aromatic heterocycles. The van der Waals surface area contributed by atoms with Gasteiger partial charge in [-0.2, -0.15) is 13.2 Å². The zero-order valence-corrected chi connectivity index (χ0v) is 16.0. The maximum Gasteiger partial charge on any atom is 0.490 e. The second kappa shape index (κ2) is 9.02. The predicted molar refractivity (Wildman–Crippen MR) is 93.8 cm³/mol. The highest BCUT2D eigenvalue weighted by Gasteiger charge is 2.49. The van der Waals surface area contributed by atoms with Gasteiger partial charge in [0.05, 0.1) is 18.2 Å². The van der Waals surface area contributed by atoms with Crippen LogP contribution in [-0.2, 0) is 19.1 Å². The highest BCUT2D eigenvalue weighted by atomic mass is 79.9. The Morgan fingerprint density at radius 3 is 2.69 bits per heavy atom. The number of esters is 1. The molecule has 2 rings (SSSR count). The summed E-state index contributed by atoms with van der Waals surface area (Å²) in [4.78, 5) is 50.2. The van der Waals surface area contributed by atoms with Crippen LogP contribution in [-0.4, -0.2) is 57.4 Å². The minimum Gasteiger partial charge on any atom is -0.445 e. The number of hydrogen-bond acceptors (Lipinski definition) is 8. The Labute approximate surface area is 168 Å². The average molecular weight is 486 g/mol. The van der Waals surface area contributed by atoms with Gasteiger partial charge in [0, 0.05) is 12.6 Å². The van der Waals surface area contributed by atoms with Crippen molar-refractivity contribution in [2.45, 2.75) is 37.1 Å². The molecule has 0 aliphatic carbocycles. The number of aromatic amines is 1. The topological polar surface area (TPSA) is 154 Å². The number of carbonyl (C=O) groups excluding carboxylic acids is 2. The Bertz CT molecular complexity index is 927. The fraction of sp³-hybridized carbons (Fsp3) is 0.467. The number of rotatable bonds is 6. The molecule has 1 aliphatic rings. The molecule has 14 heteroatoms. The Hall–Kier alpha value is -2.29. The minimum absolute atomic E-state index is 0.0288. The first-order valence-electron chi connectivity index (χ1n) is 7.96. The number of halogens is 4. The van der Waals surface area contributed by atoms with Crippen LogP contribution in [0.5, 0.6) is 0 Å². The maximum absolute atomic E-state index is 12.5. The van der Waals surface area contributed by atoms with Crippen LogP contribution in [0.15, 0.2) is 20.8 Å². The van der Waals surface area contributed by atoms with Crippen LogP contribution in [0.2, 0.25) is 0 Å². The van der Waals surface area contributed by atoms with Crippen LogP contribution in [0.25, 0.3) is 6.08 Å². The van der Waals surface area contributed by atoms with Gasteiger partial charge < -0.3 is 20.3 Å². The van der Waals surface area contributed by atoms with Crippen molar-refractivity contribution >= 4 is 33.8 Å². The van der Waals surface area contributed by atoms with Crippen molar-refractivity contribution in [1.82, 2.24) is 9.55 Å². The highest BCUT2D eigenvalue weighted by Crippen LogP contribution is 2.32. The normalized spacial score (nSPS) is 23.3. The molecule has 1 aliphatic heterocycles. The molecule has 1 aromatic rings.